The van der Waals surface area contributed by atoms with Crippen molar-refractivity contribution in [3.63, 3.8) is 0 Å². The van der Waals surface area contributed by atoms with Crippen LogP contribution in [0.2, 0.25) is 0 Å². The molecule has 5 heteroatoms. The van der Waals surface area contributed by atoms with Crippen molar-refractivity contribution >= 4 is 11.4 Å². The van der Waals surface area contributed by atoms with Crippen LogP contribution in [0.4, 0.5) is 11.4 Å². The predicted molar refractivity (Wildman–Crippen MR) is 83.8 cm³/mol. The number of aryl methyl sites for hydroxylation is 1. The Morgan fingerprint density at radius 1 is 1.29 bits per heavy atom. The van der Waals surface area contributed by atoms with Crippen LogP contribution in [0, 0.1) is 23.0 Å². The molecule has 1 N–H and O–H groups in total. The average molecular weight is 289 g/mol. The molecule has 2 fully saturated rings. The van der Waals surface area contributed by atoms with Gasteiger partial charge >= 0.3 is 0 Å². The summed E-state index contributed by atoms with van der Waals surface area (Å²) in [5.41, 5.74) is 2.40. The van der Waals surface area contributed by atoms with Gasteiger partial charge in [0, 0.05) is 30.4 Å². The fraction of sp³-hybridized carbons (Fsp3) is 0.625. The molecule has 3 rings (SSSR count). The number of nitrogens with zero attached hydrogens (tertiary/aromatic N) is 2. The predicted octanol–water partition coefficient (Wildman–Crippen LogP) is 2.87. The van der Waals surface area contributed by atoms with E-state index in [4.69, 9.17) is 0 Å². The van der Waals surface area contributed by atoms with Gasteiger partial charge < -0.3 is 10.2 Å². The summed E-state index contributed by atoms with van der Waals surface area (Å²) in [6, 6.07) is 5.83. The standard InChI is InChI=1S/C16H23N3O2/c1-12-2-3-15(19(20)21)10-16(12)18(14-4-5-14)11-13-6-8-17-9-7-13/h2-3,10,13-14,17H,4-9,11H2,1H3. The van der Waals surface area contributed by atoms with Gasteiger partial charge in [0.25, 0.3) is 5.69 Å². The van der Waals surface area contributed by atoms with Gasteiger partial charge in [0.15, 0.2) is 0 Å². The van der Waals surface area contributed by atoms with Crippen LogP contribution in [-0.2, 0) is 0 Å². The molecule has 0 bridgehead atoms. The molecule has 1 saturated heterocycles. The third-order valence-electron chi connectivity index (χ3n) is 4.61. The molecule has 1 aromatic carbocycles. The van der Waals surface area contributed by atoms with Crippen LogP contribution in [0.5, 0.6) is 0 Å². The number of rotatable bonds is 5. The van der Waals surface area contributed by atoms with Gasteiger partial charge in [-0.3, -0.25) is 10.1 Å². The molecule has 0 aromatic heterocycles. The summed E-state index contributed by atoms with van der Waals surface area (Å²) in [6.07, 6.45) is 4.84. The Morgan fingerprint density at radius 3 is 2.62 bits per heavy atom. The molecular formula is C16H23N3O2. The highest BCUT2D eigenvalue weighted by atomic mass is 16.6. The number of benzene rings is 1. The van der Waals surface area contributed by atoms with Gasteiger partial charge in [0.1, 0.15) is 0 Å². The fourth-order valence-electron chi connectivity index (χ4n) is 3.19. The van der Waals surface area contributed by atoms with Gasteiger partial charge in [0.2, 0.25) is 0 Å². The third-order valence-corrected chi connectivity index (χ3v) is 4.61. The second-order valence-electron chi connectivity index (χ2n) is 6.30. The molecule has 2 aliphatic rings. The summed E-state index contributed by atoms with van der Waals surface area (Å²) in [4.78, 5) is 13.2. The molecule has 114 valence electrons. The maximum Gasteiger partial charge on any atom is 0.271 e. The number of nitro groups is 1. The van der Waals surface area contributed by atoms with Crippen LogP contribution in [0.3, 0.4) is 0 Å². The van der Waals surface area contributed by atoms with E-state index in [-0.39, 0.29) is 10.6 Å². The quantitative estimate of drug-likeness (QED) is 0.669. The molecule has 1 aliphatic carbocycles. The Morgan fingerprint density at radius 2 is 2.00 bits per heavy atom. The van der Waals surface area contributed by atoms with E-state index in [0.29, 0.717) is 12.0 Å². The van der Waals surface area contributed by atoms with Gasteiger partial charge in [-0.05, 0) is 57.2 Å². The minimum absolute atomic E-state index is 0.201. The summed E-state index contributed by atoms with van der Waals surface area (Å²) in [6.45, 7) is 5.28. The molecule has 0 unspecified atom stereocenters. The minimum atomic E-state index is -0.293. The smallest absolute Gasteiger partial charge is 0.271 e. The van der Waals surface area contributed by atoms with Crippen molar-refractivity contribution in [2.45, 2.75) is 38.6 Å². The van der Waals surface area contributed by atoms with E-state index in [9.17, 15) is 10.1 Å². The lowest BCUT2D eigenvalue weighted by Gasteiger charge is -2.32. The molecule has 1 aromatic rings. The SMILES string of the molecule is Cc1ccc([N+](=O)[O-])cc1N(CC1CCNCC1)C1CC1. The van der Waals surface area contributed by atoms with Crippen molar-refractivity contribution in [2.75, 3.05) is 24.5 Å². The monoisotopic (exact) mass is 289 g/mol. The topological polar surface area (TPSA) is 58.4 Å². The van der Waals surface area contributed by atoms with E-state index < -0.39 is 0 Å². The molecular weight excluding hydrogens is 266 g/mol. The number of hydrogen-bond donors (Lipinski definition) is 1. The number of piperidine rings is 1. The Hall–Kier alpha value is -1.62. The maximum absolute atomic E-state index is 11.0. The zero-order valence-corrected chi connectivity index (χ0v) is 12.5. The minimum Gasteiger partial charge on any atom is -0.368 e. The zero-order chi connectivity index (χ0) is 14.8. The van der Waals surface area contributed by atoms with Crippen LogP contribution < -0.4 is 10.2 Å². The van der Waals surface area contributed by atoms with Gasteiger partial charge in [-0.25, -0.2) is 0 Å². The van der Waals surface area contributed by atoms with E-state index in [1.165, 1.54) is 25.7 Å². The van der Waals surface area contributed by atoms with Gasteiger partial charge in [-0.1, -0.05) is 6.07 Å². The number of nitro benzene ring substituents is 1. The van der Waals surface area contributed by atoms with Crippen molar-refractivity contribution in [3.05, 3.63) is 33.9 Å². The molecule has 0 amide bonds. The van der Waals surface area contributed by atoms with Crippen LogP contribution in [0.15, 0.2) is 18.2 Å². The van der Waals surface area contributed by atoms with Crippen LogP contribution in [0.1, 0.15) is 31.2 Å². The number of anilines is 1. The van der Waals surface area contributed by atoms with Gasteiger partial charge in [-0.15, -0.1) is 0 Å². The van der Waals surface area contributed by atoms with Crippen LogP contribution >= 0.6 is 0 Å². The van der Waals surface area contributed by atoms with Gasteiger partial charge in [0.05, 0.1) is 4.92 Å². The Balaban J connectivity index is 1.82. The molecule has 0 spiro atoms. The summed E-state index contributed by atoms with van der Waals surface area (Å²) in [5.74, 6) is 0.700. The molecule has 5 nitrogen and oxygen atoms in total. The molecule has 1 aliphatic heterocycles. The van der Waals surface area contributed by atoms with Crippen molar-refractivity contribution in [1.29, 1.82) is 0 Å². The number of non-ortho nitro benzene ring substituents is 1. The second kappa shape index (κ2) is 6.02. The normalized spacial score (nSPS) is 19.5. The van der Waals surface area contributed by atoms with Gasteiger partial charge in [-0.2, -0.15) is 0 Å². The zero-order valence-electron chi connectivity index (χ0n) is 12.5. The van der Waals surface area contributed by atoms with Crippen molar-refractivity contribution < 1.29 is 4.92 Å². The van der Waals surface area contributed by atoms with Crippen molar-refractivity contribution in [3.8, 4) is 0 Å². The van der Waals surface area contributed by atoms with E-state index in [0.717, 1.165) is 30.9 Å². The first-order chi connectivity index (χ1) is 10.1. The fourth-order valence-corrected chi connectivity index (χ4v) is 3.19. The first kappa shape index (κ1) is 14.3. The lowest BCUT2D eigenvalue weighted by molar-refractivity contribution is -0.384. The molecule has 1 heterocycles. The molecule has 0 atom stereocenters. The molecule has 21 heavy (non-hydrogen) atoms. The highest BCUT2D eigenvalue weighted by Gasteiger charge is 2.32. The van der Waals surface area contributed by atoms with E-state index >= 15 is 0 Å². The highest BCUT2D eigenvalue weighted by molar-refractivity contribution is 5.60. The lowest BCUT2D eigenvalue weighted by Crippen LogP contribution is -2.37. The first-order valence-electron chi connectivity index (χ1n) is 7.87. The first-order valence-corrected chi connectivity index (χ1v) is 7.87. The Bertz CT molecular complexity index is 522. The molecule has 1 saturated carbocycles. The van der Waals surface area contributed by atoms with E-state index in [1.54, 1.807) is 12.1 Å². The average Bonchev–Trinajstić information content (AvgIpc) is 3.31. The highest BCUT2D eigenvalue weighted by Crippen LogP contribution is 2.36. The van der Waals surface area contributed by atoms with E-state index in [1.807, 2.05) is 6.07 Å². The lowest BCUT2D eigenvalue weighted by atomic mass is 9.97. The van der Waals surface area contributed by atoms with Crippen molar-refractivity contribution in [1.82, 2.24) is 5.32 Å². The van der Waals surface area contributed by atoms with Crippen LogP contribution in [0.25, 0.3) is 0 Å². The number of hydrogen-bond acceptors (Lipinski definition) is 4. The van der Waals surface area contributed by atoms with Crippen LogP contribution in [-0.4, -0.2) is 30.6 Å². The van der Waals surface area contributed by atoms with E-state index in [2.05, 4.69) is 17.1 Å². The summed E-state index contributed by atoms with van der Waals surface area (Å²) in [7, 11) is 0. The third kappa shape index (κ3) is 3.35. The van der Waals surface area contributed by atoms with Crippen molar-refractivity contribution in [2.24, 2.45) is 5.92 Å². The largest absolute Gasteiger partial charge is 0.368 e. The summed E-state index contributed by atoms with van der Waals surface area (Å²) in [5, 5.41) is 14.4. The second-order valence-corrected chi connectivity index (χ2v) is 6.30. The number of nitrogens with one attached hydrogen (secondary N) is 1. The summed E-state index contributed by atoms with van der Waals surface area (Å²) < 4.78 is 0. The summed E-state index contributed by atoms with van der Waals surface area (Å²) >= 11 is 0. The molecule has 0 radical (unpaired) electrons. The maximum atomic E-state index is 11.0. The Kier molecular flexibility index (Phi) is 4.10. The Labute approximate surface area is 125 Å².